The lowest BCUT2D eigenvalue weighted by Gasteiger charge is -2.21. The van der Waals surface area contributed by atoms with Crippen molar-refractivity contribution in [1.29, 1.82) is 0 Å². The van der Waals surface area contributed by atoms with Gasteiger partial charge in [-0.1, -0.05) is 47.6 Å². The summed E-state index contributed by atoms with van der Waals surface area (Å²) in [7, 11) is -1.13. The summed E-state index contributed by atoms with van der Waals surface area (Å²) >= 11 is 0. The Labute approximate surface area is 239 Å². The van der Waals surface area contributed by atoms with E-state index in [0.717, 1.165) is 6.42 Å². The van der Waals surface area contributed by atoms with Crippen LogP contribution in [0.15, 0.2) is 30.3 Å². The standard InChI is InChI=1S/C30H39F6O4P/c1-18(2)10-13-38-21-16-24(39-14-11-19(3)4)27(25(17-21)40-15-12-20(5)6)41-28(37)26-22(29(31,32)33)8-7-9-23(26)30(34,35)36/h7-9,16-20,41H,10-15H2,1-6H3. The van der Waals surface area contributed by atoms with Crippen LogP contribution in [0.25, 0.3) is 0 Å². The molecule has 0 bridgehead atoms. The topological polar surface area (TPSA) is 44.8 Å². The Morgan fingerprint density at radius 3 is 1.46 bits per heavy atom. The monoisotopic (exact) mass is 608 g/mol. The van der Waals surface area contributed by atoms with Gasteiger partial charge in [0.05, 0.1) is 36.3 Å². The molecule has 0 aromatic heterocycles. The van der Waals surface area contributed by atoms with Crippen LogP contribution in [0.5, 0.6) is 17.2 Å². The molecule has 2 rings (SSSR count). The first-order valence-corrected chi connectivity index (χ1v) is 14.7. The maximum absolute atomic E-state index is 13.8. The third-order valence-corrected chi connectivity index (χ3v) is 7.27. The molecule has 0 saturated carbocycles. The van der Waals surface area contributed by atoms with E-state index in [1.165, 1.54) is 12.1 Å². The molecule has 0 radical (unpaired) electrons. The van der Waals surface area contributed by atoms with Crippen molar-refractivity contribution >= 4 is 19.4 Å². The van der Waals surface area contributed by atoms with Crippen molar-refractivity contribution in [3.63, 3.8) is 0 Å². The molecule has 1 unspecified atom stereocenters. The molecular formula is C30H39F6O4P. The molecule has 0 aliphatic heterocycles. The van der Waals surface area contributed by atoms with Crippen molar-refractivity contribution in [2.75, 3.05) is 19.8 Å². The minimum absolute atomic E-state index is 0.101. The third-order valence-electron chi connectivity index (χ3n) is 6.05. The van der Waals surface area contributed by atoms with Gasteiger partial charge in [-0.25, -0.2) is 0 Å². The maximum Gasteiger partial charge on any atom is 0.417 e. The second kappa shape index (κ2) is 15.1. The summed E-state index contributed by atoms with van der Waals surface area (Å²) in [6, 6.07) is 4.66. The number of rotatable bonds is 15. The summed E-state index contributed by atoms with van der Waals surface area (Å²) in [5.74, 6) is 1.55. The number of alkyl halides is 6. The van der Waals surface area contributed by atoms with Crippen LogP contribution in [0, 0.1) is 17.8 Å². The second-order valence-electron chi connectivity index (χ2n) is 11.1. The van der Waals surface area contributed by atoms with Gasteiger partial charge in [0, 0.05) is 17.7 Å². The zero-order valence-electron chi connectivity index (χ0n) is 24.3. The molecular weight excluding hydrogens is 569 g/mol. The Balaban J connectivity index is 2.64. The van der Waals surface area contributed by atoms with Gasteiger partial charge in [0.1, 0.15) is 17.2 Å². The summed E-state index contributed by atoms with van der Waals surface area (Å²) < 4.78 is 101. The van der Waals surface area contributed by atoms with E-state index in [0.29, 0.717) is 49.3 Å². The van der Waals surface area contributed by atoms with Crippen LogP contribution in [-0.2, 0) is 12.4 Å². The first kappa shape index (κ1) is 34.7. The van der Waals surface area contributed by atoms with Gasteiger partial charge >= 0.3 is 12.4 Å². The minimum atomic E-state index is -5.17. The zero-order valence-corrected chi connectivity index (χ0v) is 25.3. The van der Waals surface area contributed by atoms with E-state index in [-0.39, 0.29) is 41.9 Å². The lowest BCUT2D eigenvalue weighted by molar-refractivity contribution is -0.143. The molecule has 2 aromatic rings. The second-order valence-corrected chi connectivity index (χ2v) is 12.3. The molecule has 41 heavy (non-hydrogen) atoms. The first-order valence-electron chi connectivity index (χ1n) is 13.7. The van der Waals surface area contributed by atoms with Gasteiger partial charge in [0.2, 0.25) is 0 Å². The number of benzene rings is 2. The van der Waals surface area contributed by atoms with E-state index >= 15 is 0 Å². The number of hydrogen-bond acceptors (Lipinski definition) is 4. The number of ether oxygens (including phenoxy) is 3. The molecule has 2 aromatic carbocycles. The van der Waals surface area contributed by atoms with Gasteiger partial charge in [0.25, 0.3) is 0 Å². The van der Waals surface area contributed by atoms with Crippen molar-refractivity contribution in [3.8, 4) is 17.2 Å². The van der Waals surface area contributed by atoms with Gasteiger partial charge in [0.15, 0.2) is 5.52 Å². The molecule has 0 spiro atoms. The lowest BCUT2D eigenvalue weighted by atomic mass is 10.0. The Bertz CT molecular complexity index is 1080. The molecule has 0 aliphatic carbocycles. The highest BCUT2D eigenvalue weighted by atomic mass is 31.1. The molecule has 0 heterocycles. The Kier molecular flexibility index (Phi) is 12.8. The van der Waals surface area contributed by atoms with Crippen molar-refractivity contribution in [3.05, 3.63) is 47.0 Å². The van der Waals surface area contributed by atoms with Crippen LogP contribution in [0.4, 0.5) is 26.3 Å². The molecule has 11 heteroatoms. The van der Waals surface area contributed by atoms with Crippen LogP contribution in [0.3, 0.4) is 0 Å². The molecule has 0 saturated heterocycles. The van der Waals surface area contributed by atoms with E-state index in [9.17, 15) is 31.1 Å². The number of carbonyl (C=O) groups excluding carboxylic acids is 1. The van der Waals surface area contributed by atoms with Crippen molar-refractivity contribution in [1.82, 2.24) is 0 Å². The molecule has 0 N–H and O–H groups in total. The SMILES string of the molecule is CC(C)CCOc1cc(OCCC(C)C)c(PC(=O)c2c(C(F)(F)F)cccc2C(F)(F)F)c(OCCC(C)C)c1. The Morgan fingerprint density at radius 1 is 0.707 bits per heavy atom. The lowest BCUT2D eigenvalue weighted by Crippen LogP contribution is -2.20. The van der Waals surface area contributed by atoms with Crippen LogP contribution in [0.2, 0.25) is 0 Å². The molecule has 1 atom stereocenters. The summed E-state index contributed by atoms with van der Waals surface area (Å²) in [5, 5.41) is 0.101. The average molecular weight is 609 g/mol. The van der Waals surface area contributed by atoms with E-state index < -0.39 is 43.1 Å². The number of hydrogen-bond donors (Lipinski definition) is 0. The molecule has 0 amide bonds. The van der Waals surface area contributed by atoms with Crippen LogP contribution in [-0.4, -0.2) is 25.3 Å². The Morgan fingerprint density at radius 2 is 1.10 bits per heavy atom. The van der Waals surface area contributed by atoms with Crippen molar-refractivity contribution in [2.24, 2.45) is 17.8 Å². The minimum Gasteiger partial charge on any atom is -0.493 e. The number of carbonyl (C=O) groups is 1. The van der Waals surface area contributed by atoms with Gasteiger partial charge in [-0.05, 0) is 57.7 Å². The highest BCUT2D eigenvalue weighted by molar-refractivity contribution is 7.66. The van der Waals surface area contributed by atoms with Crippen LogP contribution < -0.4 is 19.5 Å². The highest BCUT2D eigenvalue weighted by Gasteiger charge is 2.43. The summed E-state index contributed by atoms with van der Waals surface area (Å²) in [6.45, 7) is 12.8. The third kappa shape index (κ3) is 11.0. The summed E-state index contributed by atoms with van der Waals surface area (Å²) in [4.78, 5) is 13.4. The first-order chi connectivity index (χ1) is 19.0. The molecule has 0 aliphatic rings. The quantitative estimate of drug-likeness (QED) is 0.149. The predicted octanol–water partition coefficient (Wildman–Crippen LogP) is 9.14. The molecule has 4 nitrogen and oxygen atoms in total. The van der Waals surface area contributed by atoms with E-state index in [1.54, 1.807) is 0 Å². The highest BCUT2D eigenvalue weighted by Crippen LogP contribution is 2.43. The smallest absolute Gasteiger partial charge is 0.417 e. The van der Waals surface area contributed by atoms with Crippen LogP contribution in [0.1, 0.15) is 82.3 Å². The van der Waals surface area contributed by atoms with Crippen LogP contribution >= 0.6 is 8.58 Å². The number of halogens is 6. The zero-order chi connectivity index (χ0) is 31.0. The summed E-state index contributed by atoms with van der Waals surface area (Å²) in [5.41, 5.74) is -6.00. The van der Waals surface area contributed by atoms with Gasteiger partial charge < -0.3 is 14.2 Å². The van der Waals surface area contributed by atoms with Gasteiger partial charge in [-0.3, -0.25) is 4.79 Å². The van der Waals surface area contributed by atoms with Crippen molar-refractivity contribution in [2.45, 2.75) is 73.2 Å². The molecule has 0 fully saturated rings. The largest absolute Gasteiger partial charge is 0.493 e. The maximum atomic E-state index is 13.8. The van der Waals surface area contributed by atoms with E-state index in [4.69, 9.17) is 14.2 Å². The fourth-order valence-electron chi connectivity index (χ4n) is 3.67. The Hall–Kier alpha value is -2.48. The van der Waals surface area contributed by atoms with Gasteiger partial charge in [-0.2, -0.15) is 26.3 Å². The molecule has 230 valence electrons. The van der Waals surface area contributed by atoms with Crippen molar-refractivity contribution < 1.29 is 45.3 Å². The van der Waals surface area contributed by atoms with Gasteiger partial charge in [-0.15, -0.1) is 0 Å². The normalized spacial score (nSPS) is 12.7. The average Bonchev–Trinajstić information content (AvgIpc) is 2.83. The fourth-order valence-corrected chi connectivity index (χ4v) is 4.82. The predicted molar refractivity (Wildman–Crippen MR) is 150 cm³/mol. The summed E-state index contributed by atoms with van der Waals surface area (Å²) in [6.07, 6.45) is -8.32. The van der Waals surface area contributed by atoms with E-state index in [2.05, 4.69) is 0 Å². The fraction of sp³-hybridized carbons (Fsp3) is 0.567. The van der Waals surface area contributed by atoms with E-state index in [1.807, 2.05) is 41.5 Å².